The number of methoxy groups -OCH3 is 1. The van der Waals surface area contributed by atoms with Gasteiger partial charge in [0.25, 0.3) is 0 Å². The van der Waals surface area contributed by atoms with Crippen LogP contribution >= 0.6 is 11.6 Å². The molecule has 9 heteroatoms. The molecule has 0 aromatic heterocycles. The smallest absolute Gasteiger partial charge is 0.343 e. The van der Waals surface area contributed by atoms with Gasteiger partial charge in [0.15, 0.2) is 6.17 Å². The lowest BCUT2D eigenvalue weighted by atomic mass is 10.3. The third kappa shape index (κ3) is 3.97. The van der Waals surface area contributed by atoms with Crippen molar-refractivity contribution in [2.75, 3.05) is 12.4 Å². The van der Waals surface area contributed by atoms with Crippen LogP contribution < -0.4 is 16.4 Å². The van der Waals surface area contributed by atoms with Gasteiger partial charge in [0.05, 0.1) is 17.8 Å². The highest BCUT2D eigenvalue weighted by Gasteiger charge is 2.17. The lowest BCUT2D eigenvalue weighted by Gasteiger charge is -2.13. The lowest BCUT2D eigenvalue weighted by Crippen LogP contribution is -2.49. The van der Waals surface area contributed by atoms with Crippen molar-refractivity contribution in [3.8, 4) is 5.75 Å². The number of carbonyl (C=O) groups is 2. The molecule has 0 aliphatic rings. The van der Waals surface area contributed by atoms with E-state index in [0.29, 0.717) is 0 Å². The third-order valence-corrected chi connectivity index (χ3v) is 2.33. The average Bonchev–Trinajstić information content (AvgIpc) is 2.34. The molecule has 104 valence electrons. The van der Waals surface area contributed by atoms with E-state index in [1.807, 2.05) is 5.32 Å². The van der Waals surface area contributed by atoms with Crippen LogP contribution in [-0.2, 0) is 9.53 Å². The van der Waals surface area contributed by atoms with E-state index in [-0.39, 0.29) is 10.7 Å². The molecule has 0 radical (unpaired) electrons. The molecule has 1 atom stereocenters. The summed E-state index contributed by atoms with van der Waals surface area (Å²) in [6.07, 6.45) is -1.39. The van der Waals surface area contributed by atoms with Gasteiger partial charge in [-0.25, -0.2) is 14.0 Å². The summed E-state index contributed by atoms with van der Waals surface area (Å²) in [7, 11) is 1.10. The Labute approximate surface area is 112 Å². The minimum absolute atomic E-state index is 0.199. The van der Waals surface area contributed by atoms with Gasteiger partial charge in [-0.05, 0) is 6.07 Å². The summed E-state index contributed by atoms with van der Waals surface area (Å²) in [6.45, 7) is 0. The van der Waals surface area contributed by atoms with Crippen molar-refractivity contribution < 1.29 is 23.8 Å². The van der Waals surface area contributed by atoms with Gasteiger partial charge in [-0.3, -0.25) is 0 Å². The summed E-state index contributed by atoms with van der Waals surface area (Å²) in [5.41, 5.74) is 4.94. The first-order chi connectivity index (χ1) is 8.85. The Morgan fingerprint density at radius 1 is 1.53 bits per heavy atom. The second-order valence-corrected chi connectivity index (χ2v) is 3.79. The van der Waals surface area contributed by atoms with Gasteiger partial charge in [-0.15, -0.1) is 0 Å². The van der Waals surface area contributed by atoms with Crippen LogP contribution in [0.1, 0.15) is 0 Å². The Morgan fingerprint density at radius 3 is 2.74 bits per heavy atom. The zero-order chi connectivity index (χ0) is 14.6. The molecule has 0 aliphatic heterocycles. The number of phenols is 1. The molecule has 0 spiro atoms. The first-order valence-corrected chi connectivity index (χ1v) is 5.32. The zero-order valence-corrected chi connectivity index (χ0v) is 10.5. The molecule has 0 heterocycles. The first kappa shape index (κ1) is 15.0. The van der Waals surface area contributed by atoms with Crippen molar-refractivity contribution in [3.05, 3.63) is 23.0 Å². The normalized spacial score (nSPS) is 11.6. The van der Waals surface area contributed by atoms with Crippen LogP contribution in [0.5, 0.6) is 5.75 Å². The van der Waals surface area contributed by atoms with Crippen molar-refractivity contribution in [1.29, 1.82) is 0 Å². The molecule has 2 amide bonds. The molecule has 0 fully saturated rings. The number of carbonyl (C=O) groups excluding carboxylic acids is 2. The number of hydrogen-bond donors (Lipinski definition) is 4. The number of benzene rings is 1. The summed E-state index contributed by atoms with van der Waals surface area (Å²) in [6, 6.07) is 0.798. The molecule has 19 heavy (non-hydrogen) atoms. The molecule has 1 aromatic carbocycles. The molecule has 7 nitrogen and oxygen atoms in total. The third-order valence-electron chi connectivity index (χ3n) is 2.03. The maximum atomic E-state index is 13.4. The van der Waals surface area contributed by atoms with Crippen LogP contribution in [0.3, 0.4) is 0 Å². The van der Waals surface area contributed by atoms with E-state index in [9.17, 15) is 19.1 Å². The van der Waals surface area contributed by atoms with Crippen molar-refractivity contribution in [2.24, 2.45) is 5.73 Å². The molecule has 5 N–H and O–H groups in total. The van der Waals surface area contributed by atoms with Crippen molar-refractivity contribution in [3.63, 3.8) is 0 Å². The van der Waals surface area contributed by atoms with Gasteiger partial charge in [-0.2, -0.15) is 0 Å². The predicted octanol–water partition coefficient (Wildman–Crippen LogP) is 0.764. The number of nitrogens with two attached hydrogens (primary N) is 1. The second-order valence-electron chi connectivity index (χ2n) is 3.38. The maximum Gasteiger partial charge on any atom is 0.343 e. The molecule has 0 bridgehead atoms. The topological polar surface area (TPSA) is 114 Å². The highest BCUT2D eigenvalue weighted by molar-refractivity contribution is 6.32. The minimum atomic E-state index is -1.39. The van der Waals surface area contributed by atoms with Crippen molar-refractivity contribution >= 4 is 29.3 Å². The van der Waals surface area contributed by atoms with Gasteiger partial charge in [-0.1, -0.05) is 11.6 Å². The minimum Gasteiger partial charge on any atom is -0.506 e. The summed E-state index contributed by atoms with van der Waals surface area (Å²) in [5, 5.41) is 13.1. The van der Waals surface area contributed by atoms with E-state index < -0.39 is 29.7 Å². The van der Waals surface area contributed by atoms with Gasteiger partial charge < -0.3 is 26.2 Å². The number of halogens is 2. The fourth-order valence-electron chi connectivity index (χ4n) is 1.12. The number of urea groups is 1. The maximum absolute atomic E-state index is 13.4. The number of amides is 2. The zero-order valence-electron chi connectivity index (χ0n) is 9.74. The SMILES string of the molecule is COC(=O)C(N)NC(=O)Nc1cc(O)c(Cl)cc1F. The van der Waals surface area contributed by atoms with Gasteiger partial charge in [0, 0.05) is 6.07 Å². The monoisotopic (exact) mass is 291 g/mol. The van der Waals surface area contributed by atoms with E-state index in [4.69, 9.17) is 17.3 Å². The molecule has 0 saturated carbocycles. The lowest BCUT2D eigenvalue weighted by molar-refractivity contribution is -0.142. The Morgan fingerprint density at radius 2 is 2.16 bits per heavy atom. The number of aromatic hydroxyl groups is 1. The van der Waals surface area contributed by atoms with Crippen molar-refractivity contribution in [1.82, 2.24) is 5.32 Å². The van der Waals surface area contributed by atoms with Crippen LogP contribution in [0.4, 0.5) is 14.9 Å². The number of rotatable bonds is 3. The Kier molecular flexibility index (Phi) is 4.90. The fourth-order valence-corrected chi connectivity index (χ4v) is 1.27. The number of nitrogens with one attached hydrogen (secondary N) is 2. The Balaban J connectivity index is 2.72. The first-order valence-electron chi connectivity index (χ1n) is 4.94. The van der Waals surface area contributed by atoms with Gasteiger partial charge in [0.1, 0.15) is 11.6 Å². The Hall–Kier alpha value is -2.06. The predicted molar refractivity (Wildman–Crippen MR) is 65.2 cm³/mol. The van der Waals surface area contributed by atoms with Crippen LogP contribution in [0.15, 0.2) is 12.1 Å². The molecule has 1 aromatic rings. The van der Waals surface area contributed by atoms with E-state index in [2.05, 4.69) is 10.1 Å². The van der Waals surface area contributed by atoms with Crippen LogP contribution in [-0.4, -0.2) is 30.4 Å². The quantitative estimate of drug-likeness (QED) is 0.485. The summed E-state index contributed by atoms with van der Waals surface area (Å²) in [5.74, 6) is -2.13. The standard InChI is InChI=1S/C10H11ClFN3O4/c1-19-9(17)8(13)15-10(18)14-6-3-7(16)4(11)2-5(6)12/h2-3,8,16H,13H2,1H3,(H2,14,15,18). The number of ether oxygens (including phenoxy) is 1. The number of anilines is 1. The molecule has 1 rings (SSSR count). The van der Waals surface area contributed by atoms with E-state index in [1.165, 1.54) is 0 Å². The van der Waals surface area contributed by atoms with Crippen LogP contribution in [0, 0.1) is 5.82 Å². The van der Waals surface area contributed by atoms with Gasteiger partial charge >= 0.3 is 12.0 Å². The molecule has 0 saturated heterocycles. The van der Waals surface area contributed by atoms with E-state index in [1.54, 1.807) is 0 Å². The molecule has 0 aliphatic carbocycles. The number of esters is 1. The molecular formula is C10H11ClFN3O4. The average molecular weight is 292 g/mol. The van der Waals surface area contributed by atoms with Crippen LogP contribution in [0.2, 0.25) is 5.02 Å². The Bertz CT molecular complexity index is 512. The van der Waals surface area contributed by atoms with E-state index in [0.717, 1.165) is 19.2 Å². The fraction of sp³-hybridized carbons (Fsp3) is 0.200. The van der Waals surface area contributed by atoms with Gasteiger partial charge in [0.2, 0.25) is 0 Å². The summed E-state index contributed by atoms with van der Waals surface area (Å²) >= 11 is 5.47. The molecule has 1 unspecified atom stereocenters. The number of phenolic OH excluding ortho intramolecular Hbond substituents is 1. The highest BCUT2D eigenvalue weighted by atomic mass is 35.5. The molecular weight excluding hydrogens is 281 g/mol. The summed E-state index contributed by atoms with van der Waals surface area (Å²) in [4.78, 5) is 22.3. The van der Waals surface area contributed by atoms with Crippen LogP contribution in [0.25, 0.3) is 0 Å². The van der Waals surface area contributed by atoms with Crippen molar-refractivity contribution in [2.45, 2.75) is 6.17 Å². The largest absolute Gasteiger partial charge is 0.506 e. The van der Waals surface area contributed by atoms with E-state index >= 15 is 0 Å². The number of hydrogen-bond acceptors (Lipinski definition) is 5. The second kappa shape index (κ2) is 6.21. The highest BCUT2D eigenvalue weighted by Crippen LogP contribution is 2.29. The summed E-state index contributed by atoms with van der Waals surface area (Å²) < 4.78 is 17.7.